The van der Waals surface area contributed by atoms with E-state index in [1.807, 2.05) is 0 Å². The van der Waals surface area contributed by atoms with Gasteiger partial charge in [-0.05, 0) is 19.4 Å². The van der Waals surface area contributed by atoms with Gasteiger partial charge in [0.25, 0.3) is 0 Å². The van der Waals surface area contributed by atoms with Gasteiger partial charge in [-0.3, -0.25) is 0 Å². The molecule has 76 valence electrons. The van der Waals surface area contributed by atoms with Gasteiger partial charge in [-0.15, -0.1) is 0 Å². The third-order valence-electron chi connectivity index (χ3n) is 2.22. The lowest BCUT2D eigenvalue weighted by atomic mass is 10.3. The third kappa shape index (κ3) is 2.16. The Hall–Kier alpha value is -0.810. The Bertz CT molecular complexity index is 321. The van der Waals surface area contributed by atoms with E-state index in [0.717, 1.165) is 18.2 Å². The Kier molecular flexibility index (Phi) is 2.88. The van der Waals surface area contributed by atoms with Crippen molar-refractivity contribution in [1.82, 2.24) is 9.97 Å². The molecule has 0 spiro atoms. The van der Waals surface area contributed by atoms with Crippen LogP contribution < -0.4 is 5.73 Å². The monoisotopic (exact) mass is 211 g/mol. The van der Waals surface area contributed by atoms with Gasteiger partial charge in [0.05, 0.1) is 6.10 Å². The lowest BCUT2D eigenvalue weighted by Crippen LogP contribution is -2.13. The van der Waals surface area contributed by atoms with Gasteiger partial charge in [-0.25, -0.2) is 9.97 Å². The van der Waals surface area contributed by atoms with Crippen LogP contribution in [0, 0.1) is 0 Å². The summed E-state index contributed by atoms with van der Waals surface area (Å²) in [6, 6.07) is 1.69. The van der Waals surface area contributed by atoms with Gasteiger partial charge in [-0.1, -0.05) is 11.8 Å². The predicted molar refractivity (Wildman–Crippen MR) is 56.1 cm³/mol. The van der Waals surface area contributed by atoms with Gasteiger partial charge in [0, 0.05) is 18.1 Å². The van der Waals surface area contributed by atoms with Crippen molar-refractivity contribution in [2.24, 2.45) is 0 Å². The molecule has 4 nitrogen and oxygen atoms in total. The van der Waals surface area contributed by atoms with E-state index in [1.165, 1.54) is 0 Å². The maximum atomic E-state index is 5.57. The summed E-state index contributed by atoms with van der Waals surface area (Å²) in [5.41, 5.74) is 5.57. The highest BCUT2D eigenvalue weighted by molar-refractivity contribution is 7.99. The molecular formula is C9H13N3OS. The zero-order valence-corrected chi connectivity index (χ0v) is 8.83. The maximum absolute atomic E-state index is 5.57. The van der Waals surface area contributed by atoms with Crippen molar-refractivity contribution in [3.8, 4) is 0 Å². The second-order valence-electron chi connectivity index (χ2n) is 3.28. The van der Waals surface area contributed by atoms with Gasteiger partial charge in [-0.2, -0.15) is 0 Å². The van der Waals surface area contributed by atoms with Gasteiger partial charge in [0.2, 0.25) is 0 Å². The minimum atomic E-state index is 0.282. The predicted octanol–water partition coefficient (Wildman–Crippen LogP) is 1.33. The Morgan fingerprint density at radius 3 is 3.14 bits per heavy atom. The number of hydrogen-bond donors (Lipinski definition) is 1. The van der Waals surface area contributed by atoms with E-state index in [-0.39, 0.29) is 6.10 Å². The van der Waals surface area contributed by atoms with Gasteiger partial charge in [0.1, 0.15) is 5.82 Å². The van der Waals surface area contributed by atoms with Crippen LogP contribution in [-0.2, 0) is 4.74 Å². The Labute approximate surface area is 87.3 Å². The molecule has 1 fully saturated rings. The van der Waals surface area contributed by atoms with Crippen molar-refractivity contribution in [2.75, 3.05) is 12.3 Å². The number of aromatic nitrogens is 2. The number of hydrogen-bond acceptors (Lipinski definition) is 5. The molecule has 1 aromatic heterocycles. The van der Waals surface area contributed by atoms with Gasteiger partial charge < -0.3 is 10.5 Å². The number of nitrogen functional groups attached to an aromatic ring is 1. The van der Waals surface area contributed by atoms with Crippen LogP contribution in [-0.4, -0.2) is 27.9 Å². The lowest BCUT2D eigenvalue weighted by Gasteiger charge is -2.11. The van der Waals surface area contributed by atoms with Crippen LogP contribution in [0.2, 0.25) is 0 Å². The SMILES string of the molecule is CC1OCCC1Sc1nccc(N)n1. The highest BCUT2D eigenvalue weighted by atomic mass is 32.2. The van der Waals surface area contributed by atoms with Crippen LogP contribution in [0.25, 0.3) is 0 Å². The van der Waals surface area contributed by atoms with E-state index in [4.69, 9.17) is 10.5 Å². The quantitative estimate of drug-likeness (QED) is 0.748. The first kappa shape index (κ1) is 9.73. The number of nitrogens with zero attached hydrogens (tertiary/aromatic N) is 2. The molecule has 0 aliphatic carbocycles. The number of nitrogens with two attached hydrogens (primary N) is 1. The van der Waals surface area contributed by atoms with E-state index >= 15 is 0 Å². The Balaban J connectivity index is 2.03. The standard InChI is InChI=1S/C9H13N3OS/c1-6-7(3-5-13-6)14-9-11-4-2-8(10)12-9/h2,4,6-7H,3,5H2,1H3,(H2,10,11,12). The van der Waals surface area contributed by atoms with Crippen LogP contribution in [0.3, 0.4) is 0 Å². The Morgan fingerprint density at radius 1 is 1.64 bits per heavy atom. The van der Waals surface area contributed by atoms with E-state index in [0.29, 0.717) is 11.1 Å². The molecule has 0 radical (unpaired) electrons. The fourth-order valence-corrected chi connectivity index (χ4v) is 2.45. The smallest absolute Gasteiger partial charge is 0.189 e. The van der Waals surface area contributed by atoms with Crippen molar-refractivity contribution in [3.63, 3.8) is 0 Å². The van der Waals surface area contributed by atoms with E-state index in [2.05, 4.69) is 16.9 Å². The molecule has 0 aromatic carbocycles. The molecule has 0 saturated carbocycles. The molecule has 2 rings (SSSR count). The zero-order chi connectivity index (χ0) is 9.97. The molecule has 1 saturated heterocycles. The molecule has 2 atom stereocenters. The van der Waals surface area contributed by atoms with E-state index in [1.54, 1.807) is 24.0 Å². The molecule has 1 aromatic rings. The van der Waals surface area contributed by atoms with Gasteiger partial charge in [0.15, 0.2) is 5.16 Å². The van der Waals surface area contributed by atoms with E-state index in [9.17, 15) is 0 Å². The summed E-state index contributed by atoms with van der Waals surface area (Å²) in [4.78, 5) is 8.30. The van der Waals surface area contributed by atoms with Crippen molar-refractivity contribution >= 4 is 17.6 Å². The third-order valence-corrected chi connectivity index (χ3v) is 3.55. The molecule has 5 heteroatoms. The summed E-state index contributed by atoms with van der Waals surface area (Å²) in [6.45, 7) is 2.91. The second kappa shape index (κ2) is 4.14. The fourth-order valence-electron chi connectivity index (χ4n) is 1.41. The van der Waals surface area contributed by atoms with Crippen LogP contribution in [0.5, 0.6) is 0 Å². The molecule has 1 aliphatic heterocycles. The lowest BCUT2D eigenvalue weighted by molar-refractivity contribution is 0.127. The highest BCUT2D eigenvalue weighted by Crippen LogP contribution is 2.30. The minimum absolute atomic E-state index is 0.282. The summed E-state index contributed by atoms with van der Waals surface area (Å²) >= 11 is 1.65. The number of anilines is 1. The zero-order valence-electron chi connectivity index (χ0n) is 8.01. The van der Waals surface area contributed by atoms with Crippen LogP contribution >= 0.6 is 11.8 Å². The first-order valence-corrected chi connectivity index (χ1v) is 5.50. The van der Waals surface area contributed by atoms with Crippen LogP contribution in [0.15, 0.2) is 17.4 Å². The number of thioether (sulfide) groups is 1. The summed E-state index contributed by atoms with van der Waals surface area (Å²) in [5.74, 6) is 0.522. The molecule has 0 bridgehead atoms. The summed E-state index contributed by atoms with van der Waals surface area (Å²) < 4.78 is 5.46. The molecule has 2 heterocycles. The molecule has 2 N–H and O–H groups in total. The minimum Gasteiger partial charge on any atom is -0.384 e. The highest BCUT2D eigenvalue weighted by Gasteiger charge is 2.25. The largest absolute Gasteiger partial charge is 0.384 e. The first-order valence-electron chi connectivity index (χ1n) is 4.62. The van der Waals surface area contributed by atoms with E-state index < -0.39 is 0 Å². The van der Waals surface area contributed by atoms with Crippen molar-refractivity contribution in [3.05, 3.63) is 12.3 Å². The van der Waals surface area contributed by atoms with Crippen molar-refractivity contribution in [1.29, 1.82) is 0 Å². The Morgan fingerprint density at radius 2 is 2.50 bits per heavy atom. The second-order valence-corrected chi connectivity index (χ2v) is 4.49. The summed E-state index contributed by atoms with van der Waals surface area (Å²) in [7, 11) is 0. The average Bonchev–Trinajstić information content (AvgIpc) is 2.52. The number of rotatable bonds is 2. The normalized spacial score (nSPS) is 26.6. The molecule has 0 amide bonds. The molecular weight excluding hydrogens is 198 g/mol. The van der Waals surface area contributed by atoms with Crippen molar-refractivity contribution in [2.45, 2.75) is 29.9 Å². The number of ether oxygens (including phenoxy) is 1. The van der Waals surface area contributed by atoms with Crippen LogP contribution in [0.4, 0.5) is 5.82 Å². The van der Waals surface area contributed by atoms with Crippen LogP contribution in [0.1, 0.15) is 13.3 Å². The first-order chi connectivity index (χ1) is 6.75. The van der Waals surface area contributed by atoms with Crippen molar-refractivity contribution < 1.29 is 4.74 Å². The molecule has 2 unspecified atom stereocenters. The van der Waals surface area contributed by atoms with Gasteiger partial charge >= 0.3 is 0 Å². The maximum Gasteiger partial charge on any atom is 0.189 e. The summed E-state index contributed by atoms with van der Waals surface area (Å²) in [6.07, 6.45) is 3.03. The molecule has 14 heavy (non-hydrogen) atoms. The average molecular weight is 211 g/mol. The molecule has 1 aliphatic rings. The topological polar surface area (TPSA) is 61.0 Å². The fraction of sp³-hybridized carbons (Fsp3) is 0.556. The summed E-state index contributed by atoms with van der Waals surface area (Å²) in [5, 5.41) is 1.20.